The number of rotatable bonds is 5. The number of hydrogen-bond acceptors (Lipinski definition) is 4. The molecule has 0 bridgehead atoms. The summed E-state index contributed by atoms with van der Waals surface area (Å²) >= 11 is 3.11. The topological polar surface area (TPSA) is 75.5 Å². The molecule has 1 amide bonds. The van der Waals surface area contributed by atoms with Gasteiger partial charge in [0, 0.05) is 23.7 Å². The van der Waals surface area contributed by atoms with Crippen molar-refractivity contribution in [3.63, 3.8) is 0 Å². The molecule has 0 unspecified atom stereocenters. The lowest BCUT2D eigenvalue weighted by molar-refractivity contribution is -0.385. The number of hydrogen-bond donors (Lipinski definition) is 1. The third-order valence-electron chi connectivity index (χ3n) is 4.22. The van der Waals surface area contributed by atoms with Crippen molar-refractivity contribution in [1.29, 1.82) is 0 Å². The van der Waals surface area contributed by atoms with E-state index in [0.717, 1.165) is 19.3 Å². The Bertz CT molecular complexity index is 571. The summed E-state index contributed by atoms with van der Waals surface area (Å²) in [6, 6.07) is 4.40. The highest BCUT2D eigenvalue weighted by Crippen LogP contribution is 2.35. The molecule has 6 nitrogen and oxygen atoms in total. The summed E-state index contributed by atoms with van der Waals surface area (Å²) in [5.74, 6) is -0.279. The second kappa shape index (κ2) is 6.11. The Morgan fingerprint density at radius 3 is 2.62 bits per heavy atom. The molecule has 2 rings (SSSR count). The highest BCUT2D eigenvalue weighted by molar-refractivity contribution is 9.10. The normalized spacial score (nSPS) is 16.4. The Balaban J connectivity index is 2.07. The zero-order valence-electron chi connectivity index (χ0n) is 12.1. The first-order valence-corrected chi connectivity index (χ1v) is 7.55. The Morgan fingerprint density at radius 2 is 2.14 bits per heavy atom. The van der Waals surface area contributed by atoms with Crippen LogP contribution in [0.1, 0.15) is 29.6 Å². The summed E-state index contributed by atoms with van der Waals surface area (Å²) in [6.45, 7) is 0.558. The van der Waals surface area contributed by atoms with E-state index in [1.165, 1.54) is 12.1 Å². The number of nitrogens with one attached hydrogen (secondary N) is 1. The fourth-order valence-corrected chi connectivity index (χ4v) is 2.90. The zero-order valence-corrected chi connectivity index (χ0v) is 13.6. The molecule has 1 aromatic carbocycles. The van der Waals surface area contributed by atoms with Crippen molar-refractivity contribution in [2.45, 2.75) is 24.8 Å². The van der Waals surface area contributed by atoms with Gasteiger partial charge in [0.2, 0.25) is 0 Å². The monoisotopic (exact) mass is 355 g/mol. The van der Waals surface area contributed by atoms with Gasteiger partial charge in [0.1, 0.15) is 0 Å². The lowest BCUT2D eigenvalue weighted by atomic mass is 9.75. The smallest absolute Gasteiger partial charge is 0.284 e. The van der Waals surface area contributed by atoms with Crippen molar-refractivity contribution >= 4 is 27.5 Å². The van der Waals surface area contributed by atoms with Gasteiger partial charge in [-0.25, -0.2) is 0 Å². The minimum Gasteiger partial charge on any atom is -0.350 e. The molecule has 1 aromatic rings. The number of benzene rings is 1. The molecule has 1 N–H and O–H groups in total. The number of carbonyl (C=O) groups is 1. The first-order chi connectivity index (χ1) is 9.85. The lowest BCUT2D eigenvalue weighted by Crippen LogP contribution is -2.57. The van der Waals surface area contributed by atoms with E-state index in [4.69, 9.17) is 0 Å². The summed E-state index contributed by atoms with van der Waals surface area (Å²) in [5, 5.41) is 13.8. The number of halogens is 1. The van der Waals surface area contributed by atoms with E-state index in [2.05, 4.69) is 26.1 Å². The average Bonchev–Trinajstić information content (AvgIpc) is 2.36. The molecule has 1 aliphatic carbocycles. The molecule has 0 aliphatic heterocycles. The van der Waals surface area contributed by atoms with E-state index >= 15 is 0 Å². The van der Waals surface area contributed by atoms with E-state index in [0.29, 0.717) is 16.6 Å². The maximum absolute atomic E-state index is 12.2. The van der Waals surface area contributed by atoms with Crippen LogP contribution in [0.5, 0.6) is 0 Å². The van der Waals surface area contributed by atoms with Crippen LogP contribution in [-0.2, 0) is 0 Å². The Hall–Kier alpha value is -1.47. The first kappa shape index (κ1) is 15.9. The second-order valence-electron chi connectivity index (χ2n) is 5.58. The van der Waals surface area contributed by atoms with Crippen molar-refractivity contribution in [3.8, 4) is 0 Å². The third kappa shape index (κ3) is 3.24. The number of amides is 1. The van der Waals surface area contributed by atoms with Crippen LogP contribution in [-0.4, -0.2) is 41.9 Å². The van der Waals surface area contributed by atoms with Crippen molar-refractivity contribution in [2.24, 2.45) is 0 Å². The molecule has 21 heavy (non-hydrogen) atoms. The average molecular weight is 356 g/mol. The first-order valence-electron chi connectivity index (χ1n) is 6.75. The van der Waals surface area contributed by atoms with Gasteiger partial charge in [-0.3, -0.25) is 14.9 Å². The van der Waals surface area contributed by atoms with Crippen LogP contribution in [0.25, 0.3) is 0 Å². The molecular formula is C14H18BrN3O3. The van der Waals surface area contributed by atoms with Crippen LogP contribution in [0, 0.1) is 10.1 Å². The predicted octanol–water partition coefficient (Wildman–Crippen LogP) is 2.57. The van der Waals surface area contributed by atoms with E-state index in [9.17, 15) is 14.9 Å². The lowest BCUT2D eigenvalue weighted by Gasteiger charge is -2.47. The van der Waals surface area contributed by atoms with Crippen molar-refractivity contribution < 1.29 is 9.72 Å². The van der Waals surface area contributed by atoms with Gasteiger partial charge >= 0.3 is 0 Å². The zero-order chi connectivity index (χ0) is 15.6. The number of likely N-dealkylation sites (N-methyl/N-ethyl adjacent to an activating group) is 1. The Labute approximate surface area is 131 Å². The molecule has 0 aromatic heterocycles. The SMILES string of the molecule is CN(C)C1(CNC(=O)c2ccc(Br)c([N+](=O)[O-])c2)CCC1. The fourth-order valence-electron chi connectivity index (χ4n) is 2.51. The van der Waals surface area contributed by atoms with Gasteiger partial charge in [0.25, 0.3) is 11.6 Å². The maximum Gasteiger partial charge on any atom is 0.284 e. The molecule has 7 heteroatoms. The molecule has 0 atom stereocenters. The van der Waals surface area contributed by atoms with Gasteiger partial charge in [-0.05, 0) is 61.4 Å². The minimum atomic E-state index is -0.506. The van der Waals surface area contributed by atoms with Gasteiger partial charge in [0.15, 0.2) is 0 Å². The summed E-state index contributed by atoms with van der Waals surface area (Å²) in [7, 11) is 4.02. The van der Waals surface area contributed by atoms with Gasteiger partial charge < -0.3 is 10.2 Å². The standard InChI is InChI=1S/C14H18BrN3O3/c1-17(2)14(6-3-7-14)9-16-13(19)10-4-5-11(15)12(8-10)18(20)21/h4-5,8H,3,6-7,9H2,1-2H3,(H,16,19). The third-order valence-corrected chi connectivity index (χ3v) is 4.89. The Kier molecular flexibility index (Phi) is 4.63. The van der Waals surface area contributed by atoms with Gasteiger partial charge in [0.05, 0.1) is 9.40 Å². The van der Waals surface area contributed by atoms with Crippen molar-refractivity contribution in [3.05, 3.63) is 38.3 Å². The highest BCUT2D eigenvalue weighted by Gasteiger charge is 2.39. The second-order valence-corrected chi connectivity index (χ2v) is 6.43. The number of nitro benzene ring substituents is 1. The maximum atomic E-state index is 12.2. The quantitative estimate of drug-likeness (QED) is 0.650. The summed E-state index contributed by atoms with van der Waals surface area (Å²) in [4.78, 5) is 24.7. The molecule has 0 saturated heterocycles. The molecule has 114 valence electrons. The van der Waals surface area contributed by atoms with Crippen LogP contribution in [0.3, 0.4) is 0 Å². The van der Waals surface area contributed by atoms with Gasteiger partial charge in [-0.1, -0.05) is 0 Å². The highest BCUT2D eigenvalue weighted by atomic mass is 79.9. The van der Waals surface area contributed by atoms with Crippen LogP contribution in [0.15, 0.2) is 22.7 Å². The molecule has 0 spiro atoms. The Morgan fingerprint density at radius 1 is 1.48 bits per heavy atom. The van der Waals surface area contributed by atoms with Gasteiger partial charge in [-0.15, -0.1) is 0 Å². The van der Waals surface area contributed by atoms with Crippen molar-refractivity contribution in [2.75, 3.05) is 20.6 Å². The van der Waals surface area contributed by atoms with Crippen molar-refractivity contribution in [1.82, 2.24) is 10.2 Å². The molecule has 1 aliphatic rings. The predicted molar refractivity (Wildman–Crippen MR) is 83.4 cm³/mol. The number of nitro groups is 1. The number of carbonyl (C=O) groups excluding carboxylic acids is 1. The van der Waals surface area contributed by atoms with E-state index in [-0.39, 0.29) is 17.1 Å². The summed E-state index contributed by atoms with van der Waals surface area (Å²) in [6.07, 6.45) is 3.28. The summed E-state index contributed by atoms with van der Waals surface area (Å²) in [5.41, 5.74) is 0.225. The van der Waals surface area contributed by atoms with E-state index in [1.807, 2.05) is 14.1 Å². The molecule has 0 radical (unpaired) electrons. The molecular weight excluding hydrogens is 338 g/mol. The van der Waals surface area contributed by atoms with Crippen LogP contribution >= 0.6 is 15.9 Å². The van der Waals surface area contributed by atoms with Crippen LogP contribution in [0.4, 0.5) is 5.69 Å². The molecule has 0 heterocycles. The van der Waals surface area contributed by atoms with E-state index < -0.39 is 4.92 Å². The minimum absolute atomic E-state index is 0.0248. The van der Waals surface area contributed by atoms with E-state index in [1.54, 1.807) is 6.07 Å². The van der Waals surface area contributed by atoms with Crippen LogP contribution < -0.4 is 5.32 Å². The van der Waals surface area contributed by atoms with Gasteiger partial charge in [-0.2, -0.15) is 0 Å². The fraction of sp³-hybridized carbons (Fsp3) is 0.500. The number of nitrogens with zero attached hydrogens (tertiary/aromatic N) is 2. The molecule has 1 fully saturated rings. The largest absolute Gasteiger partial charge is 0.350 e. The summed E-state index contributed by atoms with van der Waals surface area (Å²) < 4.78 is 0.368. The van der Waals surface area contributed by atoms with Crippen LogP contribution in [0.2, 0.25) is 0 Å². The molecule has 1 saturated carbocycles.